The predicted octanol–water partition coefficient (Wildman–Crippen LogP) is 1.01. The van der Waals surface area contributed by atoms with E-state index in [0.29, 0.717) is 0 Å². The van der Waals surface area contributed by atoms with Gasteiger partial charge in [-0.2, -0.15) is 0 Å². The molecule has 1 N–H and O–H groups in total. The molecule has 0 amide bonds. The van der Waals surface area contributed by atoms with E-state index in [1.54, 1.807) is 0 Å². The van der Waals surface area contributed by atoms with E-state index in [9.17, 15) is 0 Å². The summed E-state index contributed by atoms with van der Waals surface area (Å²) < 4.78 is 0. The lowest BCUT2D eigenvalue weighted by molar-refractivity contribution is 0.173. The zero-order chi connectivity index (χ0) is 12.8. The van der Waals surface area contributed by atoms with Crippen LogP contribution in [0.2, 0.25) is 0 Å². The first-order chi connectivity index (χ1) is 8.83. The molecular weight excluding hydrogens is 224 g/mol. The molecule has 98 valence electrons. The minimum atomic E-state index is 0.995. The van der Waals surface area contributed by atoms with Crippen LogP contribution in [-0.2, 0) is 6.54 Å². The second-order valence-electron chi connectivity index (χ2n) is 4.55. The first kappa shape index (κ1) is 12.9. The van der Waals surface area contributed by atoms with E-state index in [1.807, 2.05) is 14.1 Å². The molecule has 0 aliphatic carbocycles. The molecule has 4 nitrogen and oxygen atoms in total. The molecule has 0 radical (unpaired) electrons. The van der Waals surface area contributed by atoms with Gasteiger partial charge in [0, 0.05) is 46.8 Å². The number of nitrogens with zero attached hydrogens (tertiary/aromatic N) is 3. The number of guanidine groups is 1. The quantitative estimate of drug-likeness (QED) is 0.624. The fourth-order valence-corrected chi connectivity index (χ4v) is 2.37. The Bertz CT molecular complexity index is 380. The van der Waals surface area contributed by atoms with Crippen molar-refractivity contribution in [3.63, 3.8) is 0 Å². The van der Waals surface area contributed by atoms with Crippen LogP contribution in [0.5, 0.6) is 0 Å². The normalized spacial score (nSPS) is 17.9. The summed E-state index contributed by atoms with van der Waals surface area (Å²) in [5.74, 6) is 0.995. The molecule has 1 aliphatic rings. The van der Waals surface area contributed by atoms with E-state index in [4.69, 9.17) is 0 Å². The van der Waals surface area contributed by atoms with Gasteiger partial charge in [-0.05, 0) is 5.56 Å². The number of rotatable bonds is 2. The van der Waals surface area contributed by atoms with Gasteiger partial charge in [-0.25, -0.2) is 0 Å². The maximum absolute atomic E-state index is 4.25. The van der Waals surface area contributed by atoms with Gasteiger partial charge in [0.25, 0.3) is 0 Å². The summed E-state index contributed by atoms with van der Waals surface area (Å²) in [6.45, 7) is 5.32. The summed E-state index contributed by atoms with van der Waals surface area (Å²) in [5, 5.41) is 3.14. The molecule has 0 saturated carbocycles. The van der Waals surface area contributed by atoms with Gasteiger partial charge in [-0.15, -0.1) is 0 Å². The first-order valence-corrected chi connectivity index (χ1v) is 6.49. The Kier molecular flexibility index (Phi) is 4.59. The van der Waals surface area contributed by atoms with Crippen molar-refractivity contribution >= 4 is 5.96 Å². The summed E-state index contributed by atoms with van der Waals surface area (Å²) in [6.07, 6.45) is 0. The highest BCUT2D eigenvalue weighted by Crippen LogP contribution is 2.08. The van der Waals surface area contributed by atoms with E-state index in [1.165, 1.54) is 5.56 Å². The van der Waals surface area contributed by atoms with Crippen LogP contribution in [0, 0.1) is 0 Å². The Labute approximate surface area is 109 Å². The SMILES string of the molecule is CN=C(NC)N1CCN(Cc2ccccc2)CC1. The number of aliphatic imine (C=N–C) groups is 1. The average Bonchev–Trinajstić information content (AvgIpc) is 2.43. The monoisotopic (exact) mass is 246 g/mol. The van der Waals surface area contributed by atoms with E-state index >= 15 is 0 Å². The van der Waals surface area contributed by atoms with E-state index < -0.39 is 0 Å². The van der Waals surface area contributed by atoms with Crippen molar-refractivity contribution in [2.24, 2.45) is 4.99 Å². The number of hydrogen-bond acceptors (Lipinski definition) is 2. The van der Waals surface area contributed by atoms with Crippen molar-refractivity contribution < 1.29 is 0 Å². The molecule has 4 heteroatoms. The van der Waals surface area contributed by atoms with E-state index in [-0.39, 0.29) is 0 Å². The van der Waals surface area contributed by atoms with Crippen LogP contribution in [0.3, 0.4) is 0 Å². The topological polar surface area (TPSA) is 30.9 Å². The highest BCUT2D eigenvalue weighted by Gasteiger charge is 2.18. The van der Waals surface area contributed by atoms with E-state index in [2.05, 4.69) is 50.4 Å². The molecule has 1 aromatic carbocycles. The minimum absolute atomic E-state index is 0.995. The van der Waals surface area contributed by atoms with Gasteiger partial charge >= 0.3 is 0 Å². The maximum atomic E-state index is 4.25. The van der Waals surface area contributed by atoms with Gasteiger partial charge in [0.05, 0.1) is 0 Å². The van der Waals surface area contributed by atoms with Crippen molar-refractivity contribution in [1.29, 1.82) is 0 Å². The van der Waals surface area contributed by atoms with Gasteiger partial charge < -0.3 is 10.2 Å². The Balaban J connectivity index is 1.84. The van der Waals surface area contributed by atoms with Gasteiger partial charge in [0.1, 0.15) is 0 Å². The zero-order valence-corrected chi connectivity index (χ0v) is 11.3. The van der Waals surface area contributed by atoms with Crippen molar-refractivity contribution in [3.05, 3.63) is 35.9 Å². The van der Waals surface area contributed by atoms with Crippen molar-refractivity contribution in [1.82, 2.24) is 15.1 Å². The maximum Gasteiger partial charge on any atom is 0.193 e. The summed E-state index contributed by atoms with van der Waals surface area (Å²) in [5.41, 5.74) is 1.39. The summed E-state index contributed by atoms with van der Waals surface area (Å²) in [4.78, 5) is 9.05. The smallest absolute Gasteiger partial charge is 0.193 e. The first-order valence-electron chi connectivity index (χ1n) is 6.49. The third-order valence-corrected chi connectivity index (χ3v) is 3.36. The number of nitrogens with one attached hydrogen (secondary N) is 1. The van der Waals surface area contributed by atoms with Gasteiger partial charge in [0.15, 0.2) is 5.96 Å². The summed E-state index contributed by atoms with van der Waals surface area (Å²) >= 11 is 0. The molecule has 0 bridgehead atoms. The van der Waals surface area contributed by atoms with Crippen LogP contribution in [0.4, 0.5) is 0 Å². The minimum Gasteiger partial charge on any atom is -0.359 e. The van der Waals surface area contributed by atoms with Crippen LogP contribution in [-0.4, -0.2) is 56.0 Å². The van der Waals surface area contributed by atoms with E-state index in [0.717, 1.165) is 38.7 Å². The van der Waals surface area contributed by atoms with Gasteiger partial charge in [-0.1, -0.05) is 30.3 Å². The van der Waals surface area contributed by atoms with Crippen LogP contribution >= 0.6 is 0 Å². The number of benzene rings is 1. The second-order valence-corrected chi connectivity index (χ2v) is 4.55. The lowest BCUT2D eigenvalue weighted by Crippen LogP contribution is -2.51. The Hall–Kier alpha value is -1.55. The third-order valence-electron chi connectivity index (χ3n) is 3.36. The van der Waals surface area contributed by atoms with Crippen molar-refractivity contribution in [3.8, 4) is 0 Å². The molecule has 1 aromatic rings. The molecule has 18 heavy (non-hydrogen) atoms. The Morgan fingerprint density at radius 3 is 2.39 bits per heavy atom. The lowest BCUT2D eigenvalue weighted by Gasteiger charge is -2.36. The Morgan fingerprint density at radius 2 is 1.83 bits per heavy atom. The van der Waals surface area contributed by atoms with Crippen LogP contribution in [0.25, 0.3) is 0 Å². The summed E-state index contributed by atoms with van der Waals surface area (Å²) in [6, 6.07) is 10.7. The molecule has 1 heterocycles. The molecule has 0 spiro atoms. The van der Waals surface area contributed by atoms with Crippen LogP contribution in [0.1, 0.15) is 5.56 Å². The average molecular weight is 246 g/mol. The lowest BCUT2D eigenvalue weighted by atomic mass is 10.2. The standard InChI is InChI=1S/C14H22N4/c1-15-14(16-2)18-10-8-17(9-11-18)12-13-6-4-3-5-7-13/h3-7H,8-12H2,1-2H3,(H,15,16). The van der Waals surface area contributed by atoms with Crippen molar-refractivity contribution in [2.75, 3.05) is 40.3 Å². The van der Waals surface area contributed by atoms with Crippen LogP contribution in [0.15, 0.2) is 35.3 Å². The zero-order valence-electron chi connectivity index (χ0n) is 11.3. The highest BCUT2D eigenvalue weighted by atomic mass is 15.3. The van der Waals surface area contributed by atoms with Crippen LogP contribution < -0.4 is 5.32 Å². The molecule has 1 fully saturated rings. The Morgan fingerprint density at radius 1 is 1.17 bits per heavy atom. The molecule has 0 aromatic heterocycles. The second kappa shape index (κ2) is 6.40. The van der Waals surface area contributed by atoms with Crippen molar-refractivity contribution in [2.45, 2.75) is 6.54 Å². The molecule has 2 rings (SSSR count). The fraction of sp³-hybridized carbons (Fsp3) is 0.500. The number of hydrogen-bond donors (Lipinski definition) is 1. The predicted molar refractivity (Wildman–Crippen MR) is 75.7 cm³/mol. The van der Waals surface area contributed by atoms with Gasteiger partial charge in [0.2, 0.25) is 0 Å². The fourth-order valence-electron chi connectivity index (χ4n) is 2.37. The molecule has 1 saturated heterocycles. The molecule has 0 unspecified atom stereocenters. The molecule has 1 aliphatic heterocycles. The third kappa shape index (κ3) is 3.23. The largest absolute Gasteiger partial charge is 0.359 e. The molecular formula is C14H22N4. The summed E-state index contributed by atoms with van der Waals surface area (Å²) in [7, 11) is 3.76. The van der Waals surface area contributed by atoms with Gasteiger partial charge in [-0.3, -0.25) is 9.89 Å². The molecule has 0 atom stereocenters. The highest BCUT2D eigenvalue weighted by molar-refractivity contribution is 5.79. The number of piperazine rings is 1.